The number of nitrogens with zero attached hydrogens (tertiary/aromatic N) is 1. The summed E-state index contributed by atoms with van der Waals surface area (Å²) in [6, 6.07) is 11.9. The van der Waals surface area contributed by atoms with Gasteiger partial charge < -0.3 is 15.1 Å². The van der Waals surface area contributed by atoms with E-state index in [1.165, 1.54) is 0 Å². The van der Waals surface area contributed by atoms with E-state index < -0.39 is 0 Å². The van der Waals surface area contributed by atoms with Gasteiger partial charge in [-0.25, -0.2) is 4.79 Å². The normalized spacial score (nSPS) is 15.9. The summed E-state index contributed by atoms with van der Waals surface area (Å²) in [4.78, 5) is 13.4. The molecule has 1 aromatic carbocycles. The number of hydrogen-bond donors (Lipinski definition) is 2. The molecule has 1 aliphatic rings. The molecule has 21 heavy (non-hydrogen) atoms. The van der Waals surface area contributed by atoms with Gasteiger partial charge in [-0.3, -0.25) is 4.90 Å². The van der Waals surface area contributed by atoms with Crippen molar-refractivity contribution in [3.63, 3.8) is 0 Å². The molecular formula is C16H19N3O2. The second kappa shape index (κ2) is 5.91. The third kappa shape index (κ3) is 2.86. The van der Waals surface area contributed by atoms with Crippen LogP contribution in [-0.2, 0) is 0 Å². The number of furan rings is 1. The molecule has 0 saturated carbocycles. The second-order valence-corrected chi connectivity index (χ2v) is 5.05. The maximum Gasteiger partial charge on any atom is 0.321 e. The maximum absolute atomic E-state index is 11.6. The van der Waals surface area contributed by atoms with E-state index in [9.17, 15) is 4.79 Å². The predicted octanol–water partition coefficient (Wildman–Crippen LogP) is 3.37. The van der Waals surface area contributed by atoms with Gasteiger partial charge in [0.1, 0.15) is 5.76 Å². The van der Waals surface area contributed by atoms with E-state index in [-0.39, 0.29) is 12.1 Å². The Morgan fingerprint density at radius 3 is 2.71 bits per heavy atom. The van der Waals surface area contributed by atoms with Gasteiger partial charge in [-0.05, 0) is 42.8 Å². The molecule has 3 rings (SSSR count). The van der Waals surface area contributed by atoms with Crippen molar-refractivity contribution in [3.05, 3.63) is 48.4 Å². The molecule has 0 spiro atoms. The summed E-state index contributed by atoms with van der Waals surface area (Å²) >= 11 is 0. The summed E-state index contributed by atoms with van der Waals surface area (Å²) in [7, 11) is 0. The van der Waals surface area contributed by atoms with E-state index in [1.807, 2.05) is 36.4 Å². The number of rotatable bonds is 5. The Morgan fingerprint density at radius 1 is 1.33 bits per heavy atom. The fourth-order valence-corrected chi connectivity index (χ4v) is 2.52. The first kappa shape index (κ1) is 13.5. The monoisotopic (exact) mass is 285 g/mol. The van der Waals surface area contributed by atoms with Crippen molar-refractivity contribution in [3.8, 4) is 0 Å². The van der Waals surface area contributed by atoms with Gasteiger partial charge >= 0.3 is 6.03 Å². The highest BCUT2D eigenvalue weighted by atomic mass is 16.3. The molecule has 2 amide bonds. The van der Waals surface area contributed by atoms with Crippen LogP contribution in [-0.4, -0.2) is 19.1 Å². The Hall–Kier alpha value is -2.43. The third-order valence-electron chi connectivity index (χ3n) is 3.67. The molecule has 1 fully saturated rings. The summed E-state index contributed by atoms with van der Waals surface area (Å²) in [6.45, 7) is 3.54. The van der Waals surface area contributed by atoms with Crippen LogP contribution in [0.5, 0.6) is 0 Å². The van der Waals surface area contributed by atoms with E-state index in [4.69, 9.17) is 4.42 Å². The number of amides is 2. The van der Waals surface area contributed by atoms with Crippen molar-refractivity contribution >= 4 is 17.4 Å². The highest BCUT2D eigenvalue weighted by molar-refractivity contribution is 5.94. The van der Waals surface area contributed by atoms with Crippen LogP contribution in [0.1, 0.15) is 25.1 Å². The maximum atomic E-state index is 11.6. The Kier molecular flexibility index (Phi) is 3.81. The largest absolute Gasteiger partial charge is 0.467 e. The molecule has 1 atom stereocenters. The lowest BCUT2D eigenvalue weighted by atomic mass is 10.1. The number of nitrogens with one attached hydrogen (secondary N) is 2. The van der Waals surface area contributed by atoms with Crippen LogP contribution in [0, 0.1) is 0 Å². The summed E-state index contributed by atoms with van der Waals surface area (Å²) in [6.07, 6.45) is 2.62. The Labute approximate surface area is 123 Å². The molecule has 1 unspecified atom stereocenters. The molecule has 5 heteroatoms. The first-order chi connectivity index (χ1) is 10.3. The first-order valence-corrected chi connectivity index (χ1v) is 7.23. The van der Waals surface area contributed by atoms with Gasteiger partial charge in [0.25, 0.3) is 0 Å². The molecule has 5 nitrogen and oxygen atoms in total. The summed E-state index contributed by atoms with van der Waals surface area (Å²) in [5.41, 5.74) is 1.93. The number of hydrogen-bond acceptors (Lipinski definition) is 3. The topological polar surface area (TPSA) is 57.5 Å². The molecule has 1 aromatic heterocycles. The third-order valence-corrected chi connectivity index (χ3v) is 3.67. The average molecular weight is 285 g/mol. The van der Waals surface area contributed by atoms with Gasteiger partial charge in [0.15, 0.2) is 0 Å². The predicted molar refractivity (Wildman–Crippen MR) is 82.5 cm³/mol. The van der Waals surface area contributed by atoms with E-state index in [1.54, 1.807) is 11.2 Å². The molecule has 1 aliphatic heterocycles. The molecule has 1 saturated heterocycles. The minimum Gasteiger partial charge on any atom is -0.467 e. The van der Waals surface area contributed by atoms with Crippen LogP contribution in [0.4, 0.5) is 16.2 Å². The molecule has 2 N–H and O–H groups in total. The van der Waals surface area contributed by atoms with Crippen molar-refractivity contribution in [2.75, 3.05) is 23.3 Å². The minimum atomic E-state index is -0.0299. The van der Waals surface area contributed by atoms with Crippen LogP contribution in [0.3, 0.4) is 0 Å². The van der Waals surface area contributed by atoms with Gasteiger partial charge in [-0.1, -0.05) is 6.92 Å². The summed E-state index contributed by atoms with van der Waals surface area (Å²) in [5, 5.41) is 6.25. The Bertz CT molecular complexity index is 592. The van der Waals surface area contributed by atoms with Gasteiger partial charge in [0.05, 0.1) is 12.3 Å². The summed E-state index contributed by atoms with van der Waals surface area (Å²) in [5.74, 6) is 0.931. The van der Waals surface area contributed by atoms with Crippen LogP contribution in [0.25, 0.3) is 0 Å². The van der Waals surface area contributed by atoms with E-state index in [2.05, 4.69) is 17.6 Å². The zero-order valence-electron chi connectivity index (χ0n) is 12.0. The van der Waals surface area contributed by atoms with Crippen LogP contribution in [0.2, 0.25) is 0 Å². The van der Waals surface area contributed by atoms with E-state index in [0.717, 1.165) is 30.1 Å². The molecule has 110 valence electrons. The quantitative estimate of drug-likeness (QED) is 0.885. The lowest BCUT2D eigenvalue weighted by Gasteiger charge is -2.18. The average Bonchev–Trinajstić information content (AvgIpc) is 3.17. The Balaban J connectivity index is 1.70. The molecule has 2 heterocycles. The standard InChI is InChI=1S/C16H19N3O2/c1-2-14(15-4-3-11-21-15)18-12-5-7-13(8-6-12)19-10-9-17-16(19)20/h3-8,11,14,18H,2,9-10H2,1H3,(H,17,20). The Morgan fingerprint density at radius 2 is 2.14 bits per heavy atom. The van der Waals surface area contributed by atoms with Crippen molar-refractivity contribution in [1.29, 1.82) is 0 Å². The number of carbonyl (C=O) groups is 1. The second-order valence-electron chi connectivity index (χ2n) is 5.05. The van der Waals surface area contributed by atoms with Crippen molar-refractivity contribution in [1.82, 2.24) is 5.32 Å². The fourth-order valence-electron chi connectivity index (χ4n) is 2.52. The summed E-state index contributed by atoms with van der Waals surface area (Å²) < 4.78 is 5.45. The number of urea groups is 1. The number of carbonyl (C=O) groups excluding carboxylic acids is 1. The van der Waals surface area contributed by atoms with Crippen LogP contribution < -0.4 is 15.5 Å². The minimum absolute atomic E-state index is 0.0299. The van der Waals surface area contributed by atoms with Crippen molar-refractivity contribution in [2.24, 2.45) is 0 Å². The smallest absolute Gasteiger partial charge is 0.321 e. The molecule has 0 aliphatic carbocycles. The van der Waals surface area contributed by atoms with Crippen LogP contribution >= 0.6 is 0 Å². The first-order valence-electron chi connectivity index (χ1n) is 7.23. The zero-order valence-corrected chi connectivity index (χ0v) is 12.0. The highest BCUT2D eigenvalue weighted by Gasteiger charge is 2.21. The fraction of sp³-hybridized carbons (Fsp3) is 0.312. The molecular weight excluding hydrogens is 266 g/mol. The van der Waals surface area contributed by atoms with Crippen molar-refractivity contribution < 1.29 is 9.21 Å². The number of benzene rings is 1. The van der Waals surface area contributed by atoms with Gasteiger partial charge in [0, 0.05) is 24.5 Å². The lowest BCUT2D eigenvalue weighted by molar-refractivity contribution is 0.252. The molecule has 0 radical (unpaired) electrons. The van der Waals surface area contributed by atoms with E-state index >= 15 is 0 Å². The van der Waals surface area contributed by atoms with Gasteiger partial charge in [0.2, 0.25) is 0 Å². The van der Waals surface area contributed by atoms with Gasteiger partial charge in [-0.15, -0.1) is 0 Å². The molecule has 0 bridgehead atoms. The van der Waals surface area contributed by atoms with Crippen molar-refractivity contribution in [2.45, 2.75) is 19.4 Å². The lowest BCUT2D eigenvalue weighted by Crippen LogP contribution is -2.27. The number of anilines is 2. The zero-order chi connectivity index (χ0) is 14.7. The van der Waals surface area contributed by atoms with Gasteiger partial charge in [-0.2, -0.15) is 0 Å². The van der Waals surface area contributed by atoms with E-state index in [0.29, 0.717) is 6.54 Å². The van der Waals surface area contributed by atoms with Crippen LogP contribution in [0.15, 0.2) is 47.1 Å². The highest BCUT2D eigenvalue weighted by Crippen LogP contribution is 2.25. The SMILES string of the molecule is CCC(Nc1ccc(N2CCNC2=O)cc1)c1ccco1. The molecule has 2 aromatic rings.